The zero-order chi connectivity index (χ0) is 25.8. The van der Waals surface area contributed by atoms with Crippen LogP contribution in [0, 0.1) is 0 Å². The van der Waals surface area contributed by atoms with Crippen LogP contribution >= 0.6 is 0 Å². The molecule has 0 saturated carbocycles. The van der Waals surface area contributed by atoms with Crippen molar-refractivity contribution in [2.45, 2.75) is 25.7 Å². The normalized spacial score (nSPS) is 19.4. The molecule has 3 aromatic carbocycles. The summed E-state index contributed by atoms with van der Waals surface area (Å²) in [5.74, 6) is 1.00. The molecular formula is C31H38N4O2. The number of amides is 1. The zero-order valence-electron chi connectivity index (χ0n) is 22.2. The van der Waals surface area contributed by atoms with Crippen LogP contribution < -0.4 is 19.9 Å². The number of methoxy groups -OCH3 is 1. The summed E-state index contributed by atoms with van der Waals surface area (Å²) < 4.78 is 5.58. The van der Waals surface area contributed by atoms with Crippen LogP contribution in [0.5, 0.6) is 5.75 Å². The monoisotopic (exact) mass is 498 g/mol. The quantitative estimate of drug-likeness (QED) is 0.450. The molecule has 1 fully saturated rings. The first-order valence-corrected chi connectivity index (χ1v) is 13.5. The Balaban J connectivity index is 1.37. The third kappa shape index (κ3) is 4.66. The van der Waals surface area contributed by atoms with Gasteiger partial charge in [-0.25, -0.2) is 0 Å². The second-order valence-corrected chi connectivity index (χ2v) is 9.88. The molecule has 6 heteroatoms. The van der Waals surface area contributed by atoms with Gasteiger partial charge in [-0.1, -0.05) is 48.5 Å². The van der Waals surface area contributed by atoms with Gasteiger partial charge in [0.05, 0.1) is 12.8 Å². The second-order valence-electron chi connectivity index (χ2n) is 9.88. The van der Waals surface area contributed by atoms with Crippen LogP contribution in [0.2, 0.25) is 0 Å². The summed E-state index contributed by atoms with van der Waals surface area (Å²) in [6.07, 6.45) is 0.745. The highest BCUT2D eigenvalue weighted by atomic mass is 16.5. The number of anilines is 3. The number of para-hydroxylation sites is 2. The minimum atomic E-state index is -0.682. The number of benzene rings is 3. The Morgan fingerprint density at radius 3 is 2.32 bits per heavy atom. The minimum absolute atomic E-state index is 0.0815. The summed E-state index contributed by atoms with van der Waals surface area (Å²) in [6.45, 7) is 10.9. The fourth-order valence-electron chi connectivity index (χ4n) is 5.98. The van der Waals surface area contributed by atoms with E-state index in [-0.39, 0.29) is 5.91 Å². The molecule has 0 bridgehead atoms. The first-order valence-electron chi connectivity index (χ1n) is 13.5. The van der Waals surface area contributed by atoms with Crippen LogP contribution in [0.1, 0.15) is 31.4 Å². The third-order valence-corrected chi connectivity index (χ3v) is 8.10. The lowest BCUT2D eigenvalue weighted by Gasteiger charge is -2.38. The van der Waals surface area contributed by atoms with Crippen LogP contribution in [-0.4, -0.2) is 63.7 Å². The number of piperazine rings is 1. The average Bonchev–Trinajstić information content (AvgIpc) is 3.24. The van der Waals surface area contributed by atoms with E-state index >= 15 is 0 Å². The summed E-state index contributed by atoms with van der Waals surface area (Å²) >= 11 is 0. The highest BCUT2D eigenvalue weighted by Crippen LogP contribution is 2.46. The van der Waals surface area contributed by atoms with Crippen molar-refractivity contribution < 1.29 is 9.53 Å². The molecule has 2 aliphatic heterocycles. The first kappa shape index (κ1) is 25.2. The Morgan fingerprint density at radius 1 is 0.919 bits per heavy atom. The van der Waals surface area contributed by atoms with E-state index in [2.05, 4.69) is 76.3 Å². The van der Waals surface area contributed by atoms with Gasteiger partial charge < -0.3 is 19.9 Å². The molecule has 0 aliphatic carbocycles. The predicted molar refractivity (Wildman–Crippen MR) is 152 cm³/mol. The highest BCUT2D eigenvalue weighted by Gasteiger charge is 2.48. The van der Waals surface area contributed by atoms with Gasteiger partial charge in [-0.2, -0.15) is 0 Å². The Bertz CT molecular complexity index is 1220. The van der Waals surface area contributed by atoms with Gasteiger partial charge in [-0.15, -0.1) is 0 Å². The Labute approximate surface area is 220 Å². The second kappa shape index (κ2) is 10.9. The molecular weight excluding hydrogens is 460 g/mol. The van der Waals surface area contributed by atoms with Crippen LogP contribution in [0.15, 0.2) is 72.8 Å². The van der Waals surface area contributed by atoms with Crippen LogP contribution in [0.25, 0.3) is 0 Å². The van der Waals surface area contributed by atoms with Crippen LogP contribution in [-0.2, 0) is 10.2 Å². The lowest BCUT2D eigenvalue weighted by atomic mass is 9.72. The molecule has 3 aromatic rings. The molecule has 37 heavy (non-hydrogen) atoms. The maximum Gasteiger partial charge on any atom is 0.239 e. The summed E-state index contributed by atoms with van der Waals surface area (Å²) in [5, 5.41) is 3.25. The standard InChI is InChI=1S/C31H38N4O2/c1-4-34(5-2)25-15-16-26-27(23-25)32-30(36)31(26,24-11-7-6-8-12-24)17-18-33-19-21-35(22-20-33)28-13-9-10-14-29(28)37-3/h6-16,23H,4-5,17-22H2,1-3H3,(H,32,36). The van der Waals surface area contributed by atoms with Crippen molar-refractivity contribution in [3.8, 4) is 5.75 Å². The number of nitrogens with one attached hydrogen (secondary N) is 1. The van der Waals surface area contributed by atoms with Gasteiger partial charge in [0.1, 0.15) is 11.2 Å². The van der Waals surface area contributed by atoms with Crippen molar-refractivity contribution in [2.24, 2.45) is 0 Å². The van der Waals surface area contributed by atoms with Gasteiger partial charge in [0.15, 0.2) is 0 Å². The number of rotatable bonds is 9. The van der Waals surface area contributed by atoms with Gasteiger partial charge in [0.2, 0.25) is 5.91 Å². The van der Waals surface area contributed by atoms with E-state index in [9.17, 15) is 4.79 Å². The summed E-state index contributed by atoms with van der Waals surface area (Å²) in [6, 6.07) is 25.0. The van der Waals surface area contributed by atoms with Gasteiger partial charge >= 0.3 is 0 Å². The van der Waals surface area contributed by atoms with Gasteiger partial charge in [0, 0.05) is 50.6 Å². The molecule has 0 aromatic heterocycles. The molecule has 0 spiro atoms. The number of carbonyl (C=O) groups is 1. The zero-order valence-corrected chi connectivity index (χ0v) is 22.2. The number of fused-ring (bicyclic) bond motifs is 1. The molecule has 5 rings (SSSR count). The van der Waals surface area contributed by atoms with E-state index in [0.29, 0.717) is 0 Å². The molecule has 1 unspecified atom stereocenters. The molecule has 1 atom stereocenters. The summed E-state index contributed by atoms with van der Waals surface area (Å²) in [4.78, 5) is 21.0. The number of ether oxygens (including phenoxy) is 1. The van der Waals surface area contributed by atoms with Gasteiger partial charge in [0.25, 0.3) is 0 Å². The third-order valence-electron chi connectivity index (χ3n) is 8.10. The molecule has 194 valence electrons. The molecule has 1 saturated heterocycles. The van der Waals surface area contributed by atoms with E-state index in [1.807, 2.05) is 30.3 Å². The van der Waals surface area contributed by atoms with Gasteiger partial charge in [-0.3, -0.25) is 9.69 Å². The van der Waals surface area contributed by atoms with Crippen molar-refractivity contribution in [3.05, 3.63) is 83.9 Å². The molecule has 2 heterocycles. The molecule has 6 nitrogen and oxygen atoms in total. The topological polar surface area (TPSA) is 48.1 Å². The van der Waals surface area contributed by atoms with Crippen LogP contribution in [0.3, 0.4) is 0 Å². The first-order chi connectivity index (χ1) is 18.1. The van der Waals surface area contributed by atoms with Gasteiger partial charge in [-0.05, 0) is 62.2 Å². The highest BCUT2D eigenvalue weighted by molar-refractivity contribution is 6.09. The smallest absolute Gasteiger partial charge is 0.239 e. The fourth-order valence-corrected chi connectivity index (χ4v) is 5.98. The van der Waals surface area contributed by atoms with Crippen molar-refractivity contribution in [1.29, 1.82) is 0 Å². The number of nitrogens with zero attached hydrogens (tertiary/aromatic N) is 3. The maximum atomic E-state index is 13.8. The SMILES string of the molecule is CCN(CC)c1ccc2c(c1)NC(=O)C2(CCN1CCN(c2ccccc2OC)CC1)c1ccccc1. The Hall–Kier alpha value is -3.51. The summed E-state index contributed by atoms with van der Waals surface area (Å²) in [5.41, 5.74) is 4.72. The lowest BCUT2D eigenvalue weighted by molar-refractivity contribution is -0.119. The van der Waals surface area contributed by atoms with E-state index in [0.717, 1.165) is 86.2 Å². The van der Waals surface area contributed by atoms with Crippen molar-refractivity contribution in [3.63, 3.8) is 0 Å². The molecule has 2 aliphatic rings. The number of hydrogen-bond donors (Lipinski definition) is 1. The lowest BCUT2D eigenvalue weighted by Crippen LogP contribution is -2.48. The Kier molecular flexibility index (Phi) is 7.38. The van der Waals surface area contributed by atoms with E-state index < -0.39 is 5.41 Å². The molecule has 0 radical (unpaired) electrons. The van der Waals surface area contributed by atoms with Crippen molar-refractivity contribution >= 4 is 23.0 Å². The predicted octanol–water partition coefficient (Wildman–Crippen LogP) is 4.99. The largest absolute Gasteiger partial charge is 0.495 e. The molecule has 1 amide bonds. The van der Waals surface area contributed by atoms with E-state index in [1.165, 1.54) is 0 Å². The average molecular weight is 499 g/mol. The Morgan fingerprint density at radius 2 is 1.62 bits per heavy atom. The van der Waals surface area contributed by atoms with E-state index in [4.69, 9.17) is 4.74 Å². The fraction of sp³-hybridized carbons (Fsp3) is 0.387. The van der Waals surface area contributed by atoms with Crippen LogP contribution in [0.4, 0.5) is 17.1 Å². The maximum absolute atomic E-state index is 13.8. The van der Waals surface area contributed by atoms with Crippen molar-refractivity contribution in [2.75, 3.05) is 68.0 Å². The number of carbonyl (C=O) groups excluding carboxylic acids is 1. The van der Waals surface area contributed by atoms with E-state index in [1.54, 1.807) is 7.11 Å². The molecule has 1 N–H and O–H groups in total. The number of hydrogen-bond acceptors (Lipinski definition) is 5. The minimum Gasteiger partial charge on any atom is -0.495 e. The van der Waals surface area contributed by atoms with Crippen molar-refractivity contribution in [1.82, 2.24) is 4.90 Å². The summed E-state index contributed by atoms with van der Waals surface area (Å²) in [7, 11) is 1.73.